The van der Waals surface area contributed by atoms with Crippen molar-refractivity contribution in [1.29, 1.82) is 0 Å². The Morgan fingerprint density at radius 3 is 2.57 bits per heavy atom. The number of nitrogens with one attached hydrogen (secondary N) is 1. The third kappa shape index (κ3) is 4.71. The summed E-state index contributed by atoms with van der Waals surface area (Å²) in [6.45, 7) is 2.12. The molecule has 1 atom stereocenters. The SMILES string of the molecule is C[C@@](CO)(CNC(=O)c1cc(Cl)ccc1O)Cc1ccccc1. The Balaban J connectivity index is 2.04. The summed E-state index contributed by atoms with van der Waals surface area (Å²) in [6, 6.07) is 14.1. The fraction of sp³-hybridized carbons (Fsp3) is 0.278. The number of benzene rings is 2. The van der Waals surface area contributed by atoms with Gasteiger partial charge in [0.15, 0.2) is 0 Å². The molecule has 4 nitrogen and oxygen atoms in total. The van der Waals surface area contributed by atoms with Crippen LogP contribution in [0.2, 0.25) is 5.02 Å². The van der Waals surface area contributed by atoms with Gasteiger partial charge in [0.2, 0.25) is 0 Å². The monoisotopic (exact) mass is 333 g/mol. The Labute approximate surface area is 140 Å². The van der Waals surface area contributed by atoms with Crippen LogP contribution in [-0.2, 0) is 6.42 Å². The average molecular weight is 334 g/mol. The normalized spacial score (nSPS) is 13.3. The summed E-state index contributed by atoms with van der Waals surface area (Å²) in [7, 11) is 0. The van der Waals surface area contributed by atoms with E-state index in [9.17, 15) is 15.0 Å². The van der Waals surface area contributed by atoms with Crippen molar-refractivity contribution in [3.63, 3.8) is 0 Å². The average Bonchev–Trinajstić information content (AvgIpc) is 2.56. The van der Waals surface area contributed by atoms with Gasteiger partial charge in [-0.15, -0.1) is 0 Å². The molecule has 0 bridgehead atoms. The summed E-state index contributed by atoms with van der Waals surface area (Å²) in [5, 5.41) is 22.6. The smallest absolute Gasteiger partial charge is 0.255 e. The van der Waals surface area contributed by atoms with Crippen molar-refractivity contribution < 1.29 is 15.0 Å². The molecule has 122 valence electrons. The summed E-state index contributed by atoms with van der Waals surface area (Å²) in [4.78, 5) is 12.2. The molecule has 0 heterocycles. The van der Waals surface area contributed by atoms with Gasteiger partial charge in [-0.3, -0.25) is 4.79 Å². The molecule has 0 aliphatic carbocycles. The fourth-order valence-electron chi connectivity index (χ4n) is 2.34. The first-order valence-corrected chi connectivity index (χ1v) is 7.73. The third-order valence-electron chi connectivity index (χ3n) is 3.73. The van der Waals surface area contributed by atoms with Gasteiger partial charge in [0, 0.05) is 17.0 Å². The first kappa shape index (κ1) is 17.3. The Morgan fingerprint density at radius 2 is 1.91 bits per heavy atom. The molecular formula is C18H20ClNO3. The second-order valence-electron chi connectivity index (χ2n) is 5.98. The summed E-state index contributed by atoms with van der Waals surface area (Å²) >= 11 is 5.85. The maximum absolute atomic E-state index is 12.2. The minimum atomic E-state index is -0.495. The Morgan fingerprint density at radius 1 is 1.22 bits per heavy atom. The topological polar surface area (TPSA) is 69.6 Å². The molecule has 0 aliphatic rings. The first-order chi connectivity index (χ1) is 10.9. The predicted octanol–water partition coefficient (Wildman–Crippen LogP) is 3.02. The number of rotatable bonds is 6. The maximum Gasteiger partial charge on any atom is 0.255 e. The van der Waals surface area contributed by atoms with Gasteiger partial charge in [-0.2, -0.15) is 0 Å². The number of halogens is 1. The Bertz CT molecular complexity index is 675. The van der Waals surface area contributed by atoms with Crippen molar-refractivity contribution in [3.05, 3.63) is 64.7 Å². The number of hydrogen-bond acceptors (Lipinski definition) is 3. The molecule has 3 N–H and O–H groups in total. The van der Waals surface area contributed by atoms with Gasteiger partial charge in [-0.05, 0) is 30.2 Å². The van der Waals surface area contributed by atoms with Crippen LogP contribution >= 0.6 is 11.6 Å². The largest absolute Gasteiger partial charge is 0.507 e. The molecule has 5 heteroatoms. The zero-order chi connectivity index (χ0) is 16.9. The van der Waals surface area contributed by atoms with Crippen molar-refractivity contribution in [1.82, 2.24) is 5.32 Å². The zero-order valence-electron chi connectivity index (χ0n) is 12.9. The highest BCUT2D eigenvalue weighted by Gasteiger charge is 2.25. The molecule has 2 rings (SSSR count). The van der Waals surface area contributed by atoms with Gasteiger partial charge in [0.1, 0.15) is 5.75 Å². The number of aromatic hydroxyl groups is 1. The number of aliphatic hydroxyl groups is 1. The Hall–Kier alpha value is -2.04. The van der Waals surface area contributed by atoms with Crippen LogP contribution in [0.5, 0.6) is 5.75 Å². The molecule has 0 spiro atoms. The molecule has 1 amide bonds. The van der Waals surface area contributed by atoms with Gasteiger partial charge < -0.3 is 15.5 Å². The van der Waals surface area contributed by atoms with Crippen molar-refractivity contribution in [2.75, 3.05) is 13.2 Å². The first-order valence-electron chi connectivity index (χ1n) is 7.35. The standard InChI is InChI=1S/C18H20ClNO3/c1-18(12-21,10-13-5-3-2-4-6-13)11-20-17(23)15-9-14(19)7-8-16(15)22/h2-9,21-22H,10-12H2,1H3,(H,20,23)/t18-/m0/s1. The van der Waals surface area contributed by atoms with Crippen LogP contribution in [-0.4, -0.2) is 29.3 Å². The van der Waals surface area contributed by atoms with Crippen LogP contribution in [0, 0.1) is 5.41 Å². The number of carbonyl (C=O) groups excluding carboxylic acids is 1. The lowest BCUT2D eigenvalue weighted by atomic mass is 9.84. The summed E-state index contributed by atoms with van der Waals surface area (Å²) in [5.41, 5.74) is 0.715. The molecule has 0 unspecified atom stereocenters. The van der Waals surface area contributed by atoms with E-state index in [4.69, 9.17) is 11.6 Å². The lowest BCUT2D eigenvalue weighted by Crippen LogP contribution is -2.39. The third-order valence-corrected chi connectivity index (χ3v) is 3.97. The maximum atomic E-state index is 12.2. The van der Waals surface area contributed by atoms with Crippen LogP contribution in [0.3, 0.4) is 0 Å². The van der Waals surface area contributed by atoms with Gasteiger partial charge >= 0.3 is 0 Å². The Kier molecular flexibility index (Phi) is 5.64. The molecule has 0 saturated heterocycles. The molecule has 0 saturated carbocycles. The molecule has 0 aromatic heterocycles. The molecular weight excluding hydrogens is 314 g/mol. The highest BCUT2D eigenvalue weighted by molar-refractivity contribution is 6.31. The van der Waals surface area contributed by atoms with E-state index < -0.39 is 11.3 Å². The molecule has 23 heavy (non-hydrogen) atoms. The van der Waals surface area contributed by atoms with Crippen molar-refractivity contribution >= 4 is 17.5 Å². The van der Waals surface area contributed by atoms with Gasteiger partial charge in [-0.25, -0.2) is 0 Å². The summed E-state index contributed by atoms with van der Waals surface area (Å²) in [5.74, 6) is -0.543. The predicted molar refractivity (Wildman–Crippen MR) is 90.8 cm³/mol. The van der Waals surface area contributed by atoms with E-state index in [-0.39, 0.29) is 24.5 Å². The van der Waals surface area contributed by atoms with Crippen molar-refractivity contribution in [2.24, 2.45) is 5.41 Å². The van der Waals surface area contributed by atoms with Crippen molar-refractivity contribution in [3.8, 4) is 5.75 Å². The molecule has 0 fully saturated rings. The quantitative estimate of drug-likeness (QED) is 0.761. The van der Waals surface area contributed by atoms with Crippen LogP contribution in [0.1, 0.15) is 22.8 Å². The van der Waals surface area contributed by atoms with E-state index >= 15 is 0 Å². The lowest BCUT2D eigenvalue weighted by molar-refractivity contribution is 0.0892. The number of carbonyl (C=O) groups is 1. The number of amides is 1. The molecule has 2 aromatic carbocycles. The van der Waals surface area contributed by atoms with E-state index in [1.54, 1.807) is 0 Å². The molecule has 2 aromatic rings. The highest BCUT2D eigenvalue weighted by atomic mass is 35.5. The van der Waals surface area contributed by atoms with E-state index in [1.807, 2.05) is 37.3 Å². The minimum Gasteiger partial charge on any atom is -0.507 e. The van der Waals surface area contributed by atoms with Crippen LogP contribution in [0.15, 0.2) is 48.5 Å². The van der Waals surface area contributed by atoms with Crippen LogP contribution in [0.4, 0.5) is 0 Å². The van der Waals surface area contributed by atoms with E-state index in [2.05, 4.69) is 5.32 Å². The molecule has 0 radical (unpaired) electrons. The molecule has 0 aliphatic heterocycles. The van der Waals surface area contributed by atoms with Crippen LogP contribution in [0.25, 0.3) is 0 Å². The summed E-state index contributed by atoms with van der Waals surface area (Å²) < 4.78 is 0. The number of phenolic OH excluding ortho intramolecular Hbond substituents is 1. The number of phenols is 1. The minimum absolute atomic E-state index is 0.0658. The van der Waals surface area contributed by atoms with Gasteiger partial charge in [-0.1, -0.05) is 48.9 Å². The lowest BCUT2D eigenvalue weighted by Gasteiger charge is -2.27. The highest BCUT2D eigenvalue weighted by Crippen LogP contribution is 2.23. The zero-order valence-corrected chi connectivity index (χ0v) is 13.7. The number of hydrogen-bond donors (Lipinski definition) is 3. The van der Waals surface area contributed by atoms with E-state index in [0.717, 1.165) is 5.56 Å². The number of aliphatic hydroxyl groups excluding tert-OH is 1. The van der Waals surface area contributed by atoms with Crippen molar-refractivity contribution in [2.45, 2.75) is 13.3 Å². The second-order valence-corrected chi connectivity index (χ2v) is 6.41. The van der Waals surface area contributed by atoms with E-state index in [1.165, 1.54) is 18.2 Å². The van der Waals surface area contributed by atoms with Crippen LogP contribution < -0.4 is 5.32 Å². The van der Waals surface area contributed by atoms with Gasteiger partial charge in [0.25, 0.3) is 5.91 Å². The fourth-order valence-corrected chi connectivity index (χ4v) is 2.51. The summed E-state index contributed by atoms with van der Waals surface area (Å²) in [6.07, 6.45) is 0.631. The van der Waals surface area contributed by atoms with E-state index in [0.29, 0.717) is 11.4 Å². The van der Waals surface area contributed by atoms with Gasteiger partial charge in [0.05, 0.1) is 12.2 Å². The second kappa shape index (κ2) is 7.49.